The summed E-state index contributed by atoms with van der Waals surface area (Å²) in [6.45, 7) is -2.14. The summed E-state index contributed by atoms with van der Waals surface area (Å²) in [7, 11) is 3.13. The average Bonchev–Trinajstić information content (AvgIpc) is 2.27. The maximum Gasteiger partial charge on any atom is 0.506 e. The lowest BCUT2D eigenvalue weighted by Gasteiger charge is -2.26. The van der Waals surface area contributed by atoms with Crippen LogP contribution in [0, 0.1) is 0 Å². The minimum atomic E-state index is -4.97. The van der Waals surface area contributed by atoms with Gasteiger partial charge in [-0.05, 0) is 24.3 Å². The molecule has 0 aliphatic heterocycles. The first-order valence-electron chi connectivity index (χ1n) is 5.07. The van der Waals surface area contributed by atoms with Gasteiger partial charge in [-0.3, -0.25) is 0 Å². The molecule has 0 fully saturated rings. The molecule has 6 heteroatoms. The van der Waals surface area contributed by atoms with Gasteiger partial charge in [0, 0.05) is 19.3 Å². The van der Waals surface area contributed by atoms with Gasteiger partial charge < -0.3 is 22.6 Å². The molecule has 0 saturated carbocycles. The molecule has 0 N–H and O–H groups in total. The van der Waals surface area contributed by atoms with Gasteiger partial charge in [0.2, 0.25) is 0 Å². The first-order chi connectivity index (χ1) is 7.84. The van der Waals surface area contributed by atoms with Crippen molar-refractivity contribution in [3.05, 3.63) is 36.3 Å². The van der Waals surface area contributed by atoms with Crippen molar-refractivity contribution >= 4 is 12.7 Å². The molecule has 0 spiro atoms. The van der Waals surface area contributed by atoms with Crippen molar-refractivity contribution in [2.75, 3.05) is 25.6 Å². The van der Waals surface area contributed by atoms with Crippen molar-refractivity contribution in [1.29, 1.82) is 0 Å². The van der Waals surface area contributed by atoms with Crippen molar-refractivity contribution in [3.63, 3.8) is 0 Å². The van der Waals surface area contributed by atoms with E-state index >= 15 is 0 Å². The van der Waals surface area contributed by atoms with Gasteiger partial charge in [-0.2, -0.15) is 0 Å². The van der Waals surface area contributed by atoms with Gasteiger partial charge >= 0.3 is 6.98 Å². The fourth-order valence-electron chi connectivity index (χ4n) is 1.34. The van der Waals surface area contributed by atoms with Crippen molar-refractivity contribution in [1.82, 2.24) is 0 Å². The van der Waals surface area contributed by atoms with E-state index in [2.05, 4.69) is 6.58 Å². The standard InChI is InChI=1S/C11H14BF3NO/c1-9(12(13,14)15)8-16(2)10-4-6-11(17-3)7-5-10/h4-7H,1,8H2,2-3H3/q-1. The van der Waals surface area contributed by atoms with Gasteiger partial charge in [0.1, 0.15) is 5.75 Å². The van der Waals surface area contributed by atoms with Gasteiger partial charge in [0.05, 0.1) is 7.11 Å². The fraction of sp³-hybridized carbons (Fsp3) is 0.273. The normalized spacial score (nSPS) is 11.1. The van der Waals surface area contributed by atoms with Crippen molar-refractivity contribution in [2.45, 2.75) is 0 Å². The molecule has 17 heavy (non-hydrogen) atoms. The van der Waals surface area contributed by atoms with E-state index in [1.807, 2.05) is 0 Å². The summed E-state index contributed by atoms with van der Waals surface area (Å²) in [6.07, 6.45) is 0. The van der Waals surface area contributed by atoms with E-state index in [-0.39, 0.29) is 6.54 Å². The molecule has 0 saturated heterocycles. The monoisotopic (exact) mass is 244 g/mol. The molecule has 0 amide bonds. The molecule has 0 aliphatic rings. The maximum atomic E-state index is 12.4. The first kappa shape index (κ1) is 13.5. The zero-order valence-electron chi connectivity index (χ0n) is 9.79. The Hall–Kier alpha value is -1.59. The van der Waals surface area contributed by atoms with E-state index in [9.17, 15) is 12.9 Å². The summed E-state index contributed by atoms with van der Waals surface area (Å²) in [4.78, 5) is 1.50. The SMILES string of the molecule is C=C(CN(C)c1ccc(OC)cc1)[B-](F)(F)F. The van der Waals surface area contributed by atoms with Crippen LogP contribution in [0.15, 0.2) is 36.3 Å². The van der Waals surface area contributed by atoms with E-state index in [4.69, 9.17) is 4.74 Å². The molecule has 0 heterocycles. The summed E-state index contributed by atoms with van der Waals surface area (Å²) in [5.41, 5.74) is -0.0182. The van der Waals surface area contributed by atoms with Crippen LogP contribution in [0.2, 0.25) is 0 Å². The molecule has 0 aromatic heterocycles. The van der Waals surface area contributed by atoms with Crippen molar-refractivity contribution in [2.24, 2.45) is 0 Å². The number of likely N-dealkylation sites (N-methyl/N-ethyl adjacent to an activating group) is 1. The average molecular weight is 244 g/mol. The lowest BCUT2D eigenvalue weighted by atomic mass is 9.80. The molecule has 1 rings (SSSR count). The number of halogens is 3. The molecule has 0 aliphatic carbocycles. The number of benzene rings is 1. The van der Waals surface area contributed by atoms with Crippen LogP contribution in [-0.4, -0.2) is 27.7 Å². The Morgan fingerprint density at radius 2 is 1.82 bits per heavy atom. The molecule has 94 valence electrons. The van der Waals surface area contributed by atoms with Gasteiger partial charge in [0.25, 0.3) is 0 Å². The molecule has 1 aromatic carbocycles. The number of rotatable bonds is 5. The van der Waals surface area contributed by atoms with Crippen LogP contribution >= 0.6 is 0 Å². The smallest absolute Gasteiger partial charge is 0.497 e. The molecule has 0 atom stereocenters. The third-order valence-corrected chi connectivity index (χ3v) is 2.42. The van der Waals surface area contributed by atoms with Gasteiger partial charge in [-0.25, -0.2) is 0 Å². The van der Waals surface area contributed by atoms with E-state index in [1.54, 1.807) is 31.3 Å². The van der Waals surface area contributed by atoms with E-state index in [0.717, 1.165) is 0 Å². The highest BCUT2D eigenvalue weighted by Gasteiger charge is 2.27. The first-order valence-corrected chi connectivity index (χ1v) is 5.07. The molecule has 2 nitrogen and oxygen atoms in total. The second-order valence-corrected chi connectivity index (χ2v) is 3.79. The van der Waals surface area contributed by atoms with Crippen LogP contribution in [0.5, 0.6) is 5.75 Å². The highest BCUT2D eigenvalue weighted by atomic mass is 19.4. The van der Waals surface area contributed by atoms with Crippen LogP contribution in [0.3, 0.4) is 0 Å². The van der Waals surface area contributed by atoms with Gasteiger partial charge in [-0.1, -0.05) is 0 Å². The second kappa shape index (κ2) is 5.16. The molecule has 0 unspecified atom stereocenters. The second-order valence-electron chi connectivity index (χ2n) is 3.79. The van der Waals surface area contributed by atoms with Gasteiger partial charge in [0.15, 0.2) is 0 Å². The lowest BCUT2D eigenvalue weighted by molar-refractivity contribution is 0.415. The van der Waals surface area contributed by atoms with Crippen molar-refractivity contribution in [3.8, 4) is 5.75 Å². The largest absolute Gasteiger partial charge is 0.506 e. The summed E-state index contributed by atoms with van der Waals surface area (Å²) in [6, 6.07) is 6.81. The van der Waals surface area contributed by atoms with Crippen LogP contribution in [0.4, 0.5) is 18.6 Å². The van der Waals surface area contributed by atoms with Crippen LogP contribution in [0.25, 0.3) is 0 Å². The molecule has 1 aromatic rings. The number of hydrogen-bond donors (Lipinski definition) is 0. The Labute approximate surface area is 98.7 Å². The van der Waals surface area contributed by atoms with E-state index < -0.39 is 12.4 Å². The van der Waals surface area contributed by atoms with Crippen LogP contribution in [0.1, 0.15) is 0 Å². The Morgan fingerprint density at radius 1 is 1.29 bits per heavy atom. The fourth-order valence-corrected chi connectivity index (χ4v) is 1.34. The summed E-state index contributed by atoms with van der Waals surface area (Å²) < 4.78 is 42.1. The van der Waals surface area contributed by atoms with Crippen LogP contribution in [-0.2, 0) is 0 Å². The topological polar surface area (TPSA) is 12.5 Å². The third-order valence-electron chi connectivity index (χ3n) is 2.42. The third kappa shape index (κ3) is 3.73. The van der Waals surface area contributed by atoms with E-state index in [0.29, 0.717) is 11.4 Å². The number of nitrogens with zero attached hydrogens (tertiary/aromatic N) is 1. The molecular formula is C11H14BF3NO-. The van der Waals surface area contributed by atoms with Crippen LogP contribution < -0.4 is 9.64 Å². The Balaban J connectivity index is 2.70. The summed E-state index contributed by atoms with van der Waals surface area (Å²) in [5, 5.41) is 0. The highest BCUT2D eigenvalue weighted by molar-refractivity contribution is 6.66. The minimum Gasteiger partial charge on any atom is -0.497 e. The predicted octanol–water partition coefficient (Wildman–Crippen LogP) is 3.07. The quantitative estimate of drug-likeness (QED) is 0.738. The van der Waals surface area contributed by atoms with Gasteiger partial charge in [-0.15, -0.1) is 12.1 Å². The highest BCUT2D eigenvalue weighted by Crippen LogP contribution is 2.23. The summed E-state index contributed by atoms with van der Waals surface area (Å²) >= 11 is 0. The van der Waals surface area contributed by atoms with Crippen molar-refractivity contribution < 1.29 is 17.7 Å². The number of hydrogen-bond acceptors (Lipinski definition) is 2. The number of methoxy groups -OCH3 is 1. The number of anilines is 1. The zero-order chi connectivity index (χ0) is 13.1. The Morgan fingerprint density at radius 3 is 2.24 bits per heavy atom. The predicted molar refractivity (Wildman–Crippen MR) is 64.5 cm³/mol. The number of ether oxygens (including phenoxy) is 1. The Kier molecular flexibility index (Phi) is 4.09. The summed E-state index contributed by atoms with van der Waals surface area (Å²) in [5.74, 6) is 0.668. The minimum absolute atomic E-state index is 0.226. The maximum absolute atomic E-state index is 12.4. The van der Waals surface area contributed by atoms with E-state index in [1.165, 1.54) is 12.0 Å². The molecular weight excluding hydrogens is 230 g/mol. The Bertz CT molecular complexity index is 389. The molecule has 0 radical (unpaired) electrons. The molecule has 0 bridgehead atoms. The zero-order valence-corrected chi connectivity index (χ0v) is 9.79. The lowest BCUT2D eigenvalue weighted by Crippen LogP contribution is -2.30.